The Morgan fingerprint density at radius 1 is 1.17 bits per heavy atom. The van der Waals surface area contributed by atoms with Crippen molar-refractivity contribution in [2.75, 3.05) is 5.32 Å². The van der Waals surface area contributed by atoms with Gasteiger partial charge < -0.3 is 10.4 Å². The van der Waals surface area contributed by atoms with Crippen molar-refractivity contribution in [3.63, 3.8) is 0 Å². The van der Waals surface area contributed by atoms with Gasteiger partial charge in [0.2, 0.25) is 0 Å². The van der Waals surface area contributed by atoms with Crippen LogP contribution in [-0.4, -0.2) is 21.1 Å². The second-order valence-corrected chi connectivity index (χ2v) is 5.90. The van der Waals surface area contributed by atoms with Crippen LogP contribution in [0, 0.1) is 10.1 Å². The fraction of sp³-hybridized carbons (Fsp3) is 0.167. The van der Waals surface area contributed by atoms with Crippen LogP contribution in [0.15, 0.2) is 54.9 Å². The third-order valence-corrected chi connectivity index (χ3v) is 4.51. The first-order chi connectivity index (χ1) is 11.6. The number of anilines is 1. The van der Waals surface area contributed by atoms with E-state index < -0.39 is 11.0 Å². The van der Waals surface area contributed by atoms with Gasteiger partial charge in [-0.3, -0.25) is 15.1 Å². The molecule has 6 heteroatoms. The number of nitro groups is 1. The number of aliphatic hydroxyl groups is 1. The van der Waals surface area contributed by atoms with Crippen molar-refractivity contribution in [3.05, 3.63) is 76.1 Å². The van der Waals surface area contributed by atoms with Crippen LogP contribution in [0.3, 0.4) is 0 Å². The summed E-state index contributed by atoms with van der Waals surface area (Å²) < 4.78 is 0. The Labute approximate surface area is 137 Å². The second kappa shape index (κ2) is 5.58. The number of hydrogen-bond acceptors (Lipinski definition) is 5. The van der Waals surface area contributed by atoms with Gasteiger partial charge in [-0.05, 0) is 23.3 Å². The largest absolute Gasteiger partial charge is 0.390 e. The van der Waals surface area contributed by atoms with Crippen LogP contribution in [0.1, 0.15) is 17.2 Å². The van der Waals surface area contributed by atoms with Gasteiger partial charge in [-0.2, -0.15) is 0 Å². The van der Waals surface area contributed by atoms with E-state index >= 15 is 0 Å². The number of aliphatic hydroxyl groups excluding tert-OH is 1. The summed E-state index contributed by atoms with van der Waals surface area (Å²) in [6, 6.07) is 12.6. The maximum atomic E-state index is 11.2. The van der Waals surface area contributed by atoms with E-state index in [9.17, 15) is 15.2 Å². The number of nitro benzene ring substituents is 1. The van der Waals surface area contributed by atoms with Crippen molar-refractivity contribution in [3.8, 4) is 0 Å². The van der Waals surface area contributed by atoms with Crippen molar-refractivity contribution in [1.29, 1.82) is 0 Å². The summed E-state index contributed by atoms with van der Waals surface area (Å²) in [5.74, 6) is 0. The fourth-order valence-corrected chi connectivity index (χ4v) is 3.38. The monoisotopic (exact) mass is 321 g/mol. The van der Waals surface area contributed by atoms with Gasteiger partial charge in [0.1, 0.15) is 0 Å². The van der Waals surface area contributed by atoms with Crippen LogP contribution in [0.25, 0.3) is 10.8 Å². The zero-order chi connectivity index (χ0) is 16.7. The minimum atomic E-state index is -0.533. The number of aromatic nitrogens is 1. The molecule has 2 atom stereocenters. The highest BCUT2D eigenvalue weighted by Crippen LogP contribution is 2.37. The summed E-state index contributed by atoms with van der Waals surface area (Å²) in [6.07, 6.45) is 3.17. The molecule has 0 aliphatic heterocycles. The van der Waals surface area contributed by atoms with E-state index in [1.807, 2.05) is 24.3 Å². The van der Waals surface area contributed by atoms with Gasteiger partial charge in [-0.15, -0.1) is 0 Å². The Kier molecular flexibility index (Phi) is 3.39. The normalized spacial score (nSPS) is 19.2. The van der Waals surface area contributed by atoms with Crippen LogP contribution in [0.5, 0.6) is 0 Å². The molecule has 0 saturated heterocycles. The minimum absolute atomic E-state index is 0.0241. The van der Waals surface area contributed by atoms with Gasteiger partial charge in [0.05, 0.1) is 22.5 Å². The molecule has 120 valence electrons. The third kappa shape index (κ3) is 2.28. The Bertz CT molecular complexity index is 942. The number of non-ortho nitro benzene ring substituents is 1. The summed E-state index contributed by atoms with van der Waals surface area (Å²) in [6.45, 7) is 0. The highest BCUT2D eigenvalue weighted by molar-refractivity contribution is 5.99. The molecule has 0 fully saturated rings. The lowest BCUT2D eigenvalue weighted by atomic mass is 10.1. The second-order valence-electron chi connectivity index (χ2n) is 5.90. The molecule has 1 aliphatic rings. The molecule has 1 aliphatic carbocycles. The van der Waals surface area contributed by atoms with Gasteiger partial charge in [-0.25, -0.2) is 0 Å². The van der Waals surface area contributed by atoms with Gasteiger partial charge in [0.15, 0.2) is 0 Å². The molecule has 0 spiro atoms. The van der Waals surface area contributed by atoms with Crippen molar-refractivity contribution < 1.29 is 10.0 Å². The van der Waals surface area contributed by atoms with E-state index in [-0.39, 0.29) is 11.7 Å². The van der Waals surface area contributed by atoms with Crippen LogP contribution < -0.4 is 5.32 Å². The molecule has 3 aromatic rings. The molecular weight excluding hydrogens is 306 g/mol. The van der Waals surface area contributed by atoms with Gasteiger partial charge >= 0.3 is 0 Å². The summed E-state index contributed by atoms with van der Waals surface area (Å²) >= 11 is 0. The molecular formula is C18H15N3O3. The van der Waals surface area contributed by atoms with Crippen molar-refractivity contribution >= 4 is 22.1 Å². The van der Waals surface area contributed by atoms with E-state index in [0.29, 0.717) is 11.8 Å². The van der Waals surface area contributed by atoms with E-state index in [0.717, 1.165) is 22.2 Å². The number of nitrogens with zero attached hydrogens (tertiary/aromatic N) is 2. The topological polar surface area (TPSA) is 88.3 Å². The smallest absolute Gasteiger partial charge is 0.278 e. The molecule has 4 rings (SSSR count). The van der Waals surface area contributed by atoms with Crippen LogP contribution in [-0.2, 0) is 6.42 Å². The standard InChI is InChI=1S/C18H15N3O3/c22-17-9-11-3-1-2-4-12(11)18(17)20-15-5-6-16(21(23)24)14-10-19-8-7-13(14)15/h1-8,10,17-18,20,22H,9H2/t17-,18+/m0/s1. The Morgan fingerprint density at radius 2 is 2.00 bits per heavy atom. The number of nitrogens with one attached hydrogen (secondary N) is 1. The van der Waals surface area contributed by atoms with E-state index in [2.05, 4.69) is 10.3 Å². The average Bonchev–Trinajstić information content (AvgIpc) is 2.90. The van der Waals surface area contributed by atoms with Crippen LogP contribution in [0.4, 0.5) is 11.4 Å². The number of rotatable bonds is 3. The van der Waals surface area contributed by atoms with Crippen molar-refractivity contribution in [2.24, 2.45) is 0 Å². The maximum absolute atomic E-state index is 11.2. The number of pyridine rings is 1. The molecule has 0 saturated carbocycles. The first-order valence-electron chi connectivity index (χ1n) is 7.68. The predicted octanol–water partition coefficient (Wildman–Crippen LogP) is 3.21. The number of fused-ring (bicyclic) bond motifs is 2. The molecule has 0 unspecified atom stereocenters. The molecule has 0 radical (unpaired) electrons. The summed E-state index contributed by atoms with van der Waals surface area (Å²) in [4.78, 5) is 14.8. The number of hydrogen-bond donors (Lipinski definition) is 2. The highest BCUT2D eigenvalue weighted by atomic mass is 16.6. The highest BCUT2D eigenvalue weighted by Gasteiger charge is 2.31. The van der Waals surface area contributed by atoms with Crippen LogP contribution in [0.2, 0.25) is 0 Å². The van der Waals surface area contributed by atoms with Gasteiger partial charge in [0.25, 0.3) is 5.69 Å². The fourth-order valence-electron chi connectivity index (χ4n) is 3.38. The summed E-state index contributed by atoms with van der Waals surface area (Å²) in [7, 11) is 0. The zero-order valence-electron chi connectivity index (χ0n) is 12.7. The van der Waals surface area contributed by atoms with Crippen molar-refractivity contribution in [2.45, 2.75) is 18.6 Å². The molecule has 0 amide bonds. The molecule has 6 nitrogen and oxygen atoms in total. The average molecular weight is 321 g/mol. The Hall–Kier alpha value is -2.99. The summed E-state index contributed by atoms with van der Waals surface area (Å²) in [5.41, 5.74) is 2.95. The Balaban J connectivity index is 1.79. The lowest BCUT2D eigenvalue weighted by molar-refractivity contribution is -0.383. The predicted molar refractivity (Wildman–Crippen MR) is 90.9 cm³/mol. The SMILES string of the molecule is O=[N+]([O-])c1ccc(N[C@@H]2c3ccccc3C[C@@H]2O)c2ccncc12. The lowest BCUT2D eigenvalue weighted by Crippen LogP contribution is -2.21. The molecule has 0 bridgehead atoms. The quantitative estimate of drug-likeness (QED) is 0.571. The van der Waals surface area contributed by atoms with E-state index in [4.69, 9.17) is 0 Å². The summed E-state index contributed by atoms with van der Waals surface area (Å²) in [5, 5.41) is 26.2. The maximum Gasteiger partial charge on any atom is 0.278 e. The third-order valence-electron chi connectivity index (χ3n) is 4.51. The van der Waals surface area contributed by atoms with Crippen molar-refractivity contribution in [1.82, 2.24) is 4.98 Å². The molecule has 1 heterocycles. The minimum Gasteiger partial charge on any atom is -0.390 e. The molecule has 1 aromatic heterocycles. The van der Waals surface area contributed by atoms with E-state index in [1.165, 1.54) is 12.3 Å². The first-order valence-corrected chi connectivity index (χ1v) is 7.68. The lowest BCUT2D eigenvalue weighted by Gasteiger charge is -2.20. The molecule has 2 aromatic carbocycles. The Morgan fingerprint density at radius 3 is 2.83 bits per heavy atom. The van der Waals surface area contributed by atoms with Crippen LogP contribution >= 0.6 is 0 Å². The van der Waals surface area contributed by atoms with Gasteiger partial charge in [-0.1, -0.05) is 24.3 Å². The molecule has 24 heavy (non-hydrogen) atoms. The molecule has 2 N–H and O–H groups in total. The van der Waals surface area contributed by atoms with Gasteiger partial charge in [0, 0.05) is 36.0 Å². The zero-order valence-corrected chi connectivity index (χ0v) is 12.7. The number of benzene rings is 2. The first kappa shape index (κ1) is 14.6. The van der Waals surface area contributed by atoms with E-state index in [1.54, 1.807) is 18.3 Å².